The van der Waals surface area contributed by atoms with Crippen molar-refractivity contribution >= 4 is 11.7 Å². The highest BCUT2D eigenvalue weighted by Crippen LogP contribution is 2.45. The summed E-state index contributed by atoms with van der Waals surface area (Å²) in [5.41, 5.74) is 0.600. The van der Waals surface area contributed by atoms with Crippen molar-refractivity contribution in [2.24, 2.45) is 10.7 Å². The molecule has 1 aromatic rings. The van der Waals surface area contributed by atoms with Crippen molar-refractivity contribution < 1.29 is 27.2 Å². The second-order valence-electron chi connectivity index (χ2n) is 4.54. The van der Waals surface area contributed by atoms with Gasteiger partial charge < -0.3 is 10.5 Å². The van der Waals surface area contributed by atoms with E-state index in [9.17, 15) is 27.7 Å². The van der Waals surface area contributed by atoms with E-state index in [-0.39, 0.29) is 0 Å². The molecule has 0 spiro atoms. The van der Waals surface area contributed by atoms with Crippen LogP contribution in [0.4, 0.5) is 23.2 Å². The number of rotatable bonds is 2. The third kappa shape index (κ3) is 2.26. The Morgan fingerprint density at radius 3 is 2.62 bits per heavy atom. The van der Waals surface area contributed by atoms with Crippen LogP contribution in [0.2, 0.25) is 0 Å². The monoisotopic (exact) mass is 307 g/mol. The number of aliphatic imine (C=N–C) groups is 1. The maximum absolute atomic E-state index is 14.0. The predicted octanol–water partition coefficient (Wildman–Crippen LogP) is 2.07. The molecule has 0 bridgehead atoms. The Hall–Kier alpha value is -2.39. The van der Waals surface area contributed by atoms with Gasteiger partial charge in [0, 0.05) is 11.6 Å². The number of ether oxygens (including phenoxy) is 1. The molecular weight excluding hydrogens is 298 g/mol. The number of hydrogen-bond acceptors (Lipinski definition) is 5. The Morgan fingerprint density at radius 1 is 1.43 bits per heavy atom. The fourth-order valence-corrected chi connectivity index (χ4v) is 1.92. The standard InChI is InChI=1S/C11H9F4N3O3/c1-10(11(14,15)4-17-9(16)21-10)6-2-5(18(19)20)3-7(12)8(6)13/h2-3H,4H2,1H3,(H2,16,17)/t10-/m1/s1. The van der Waals surface area contributed by atoms with Crippen molar-refractivity contribution in [1.29, 1.82) is 0 Å². The van der Waals surface area contributed by atoms with Gasteiger partial charge in [-0.2, -0.15) is 8.78 Å². The van der Waals surface area contributed by atoms with Gasteiger partial charge >= 0.3 is 5.92 Å². The third-order valence-electron chi connectivity index (χ3n) is 3.18. The van der Waals surface area contributed by atoms with Crippen LogP contribution < -0.4 is 5.73 Å². The lowest BCUT2D eigenvalue weighted by Crippen LogP contribution is -2.53. The number of nitrogens with zero attached hydrogens (tertiary/aromatic N) is 2. The quantitative estimate of drug-likeness (QED) is 0.514. The average Bonchev–Trinajstić information content (AvgIpc) is 2.37. The zero-order chi connectivity index (χ0) is 16.0. The van der Waals surface area contributed by atoms with Gasteiger partial charge in [0.1, 0.15) is 6.54 Å². The molecule has 6 nitrogen and oxygen atoms in total. The number of alkyl halides is 2. The predicted molar refractivity (Wildman–Crippen MR) is 62.9 cm³/mol. The maximum atomic E-state index is 14.0. The molecule has 2 rings (SSSR count). The molecule has 0 saturated carbocycles. The minimum atomic E-state index is -3.74. The minimum absolute atomic E-state index is 0.292. The van der Waals surface area contributed by atoms with E-state index in [2.05, 4.69) is 4.99 Å². The fraction of sp³-hybridized carbons (Fsp3) is 0.364. The van der Waals surface area contributed by atoms with Gasteiger partial charge in [0.05, 0.1) is 11.0 Å². The molecule has 1 heterocycles. The Labute approximate surface area is 115 Å². The molecule has 1 aromatic carbocycles. The second kappa shape index (κ2) is 4.57. The molecule has 0 amide bonds. The Balaban J connectivity index is 2.69. The lowest BCUT2D eigenvalue weighted by Gasteiger charge is -2.39. The van der Waals surface area contributed by atoms with E-state index in [0.29, 0.717) is 12.1 Å². The number of nitro benzene ring substituents is 1. The highest BCUT2D eigenvalue weighted by atomic mass is 19.3. The van der Waals surface area contributed by atoms with Crippen LogP contribution in [-0.4, -0.2) is 23.4 Å². The summed E-state index contributed by atoms with van der Waals surface area (Å²) in [6.07, 6.45) is 0. The zero-order valence-corrected chi connectivity index (χ0v) is 10.6. The molecule has 114 valence electrons. The van der Waals surface area contributed by atoms with Crippen molar-refractivity contribution in [3.8, 4) is 0 Å². The molecule has 0 radical (unpaired) electrons. The summed E-state index contributed by atoms with van der Waals surface area (Å²) >= 11 is 0. The smallest absolute Gasteiger partial charge is 0.310 e. The number of non-ortho nitro benzene ring substituents is 1. The number of nitro groups is 1. The number of nitrogens with two attached hydrogens (primary N) is 1. The van der Waals surface area contributed by atoms with Crippen LogP contribution in [-0.2, 0) is 10.3 Å². The molecule has 2 N–H and O–H groups in total. The van der Waals surface area contributed by atoms with Crippen molar-refractivity contribution in [3.63, 3.8) is 0 Å². The molecule has 21 heavy (non-hydrogen) atoms. The highest BCUT2D eigenvalue weighted by molar-refractivity contribution is 5.73. The van der Waals surface area contributed by atoms with Crippen molar-refractivity contribution in [2.45, 2.75) is 18.4 Å². The summed E-state index contributed by atoms with van der Waals surface area (Å²) in [5, 5.41) is 10.7. The highest BCUT2D eigenvalue weighted by Gasteiger charge is 2.58. The number of amidine groups is 1. The lowest BCUT2D eigenvalue weighted by molar-refractivity contribution is -0.385. The van der Waals surface area contributed by atoms with Gasteiger partial charge in [0.2, 0.25) is 5.60 Å². The van der Waals surface area contributed by atoms with Gasteiger partial charge in [0.15, 0.2) is 11.6 Å². The molecule has 0 unspecified atom stereocenters. The van der Waals surface area contributed by atoms with Gasteiger partial charge in [-0.15, -0.1) is 0 Å². The van der Waals surface area contributed by atoms with E-state index in [1.165, 1.54) is 0 Å². The Kier molecular flexibility index (Phi) is 3.27. The summed E-state index contributed by atoms with van der Waals surface area (Å²) in [6.45, 7) is -0.352. The SMILES string of the molecule is C[C@]1(c2cc([N+](=O)[O-])cc(F)c2F)OC(N)=NCC1(F)F. The van der Waals surface area contributed by atoms with Crippen LogP contribution >= 0.6 is 0 Å². The molecular formula is C11H9F4N3O3. The molecule has 1 aliphatic rings. The first-order valence-corrected chi connectivity index (χ1v) is 5.59. The Bertz CT molecular complexity index is 650. The molecule has 0 aliphatic carbocycles. The maximum Gasteiger partial charge on any atom is 0.310 e. The van der Waals surface area contributed by atoms with Crippen LogP contribution in [0.1, 0.15) is 12.5 Å². The third-order valence-corrected chi connectivity index (χ3v) is 3.18. The van der Waals surface area contributed by atoms with E-state index >= 15 is 0 Å². The first-order chi connectivity index (χ1) is 9.58. The first-order valence-electron chi connectivity index (χ1n) is 5.59. The van der Waals surface area contributed by atoms with Gasteiger partial charge in [-0.05, 0) is 6.92 Å². The topological polar surface area (TPSA) is 90.8 Å². The zero-order valence-electron chi connectivity index (χ0n) is 10.6. The minimum Gasteiger partial charge on any atom is -0.448 e. The summed E-state index contributed by atoms with van der Waals surface area (Å²) in [5.74, 6) is -7.04. The van der Waals surface area contributed by atoms with E-state index < -0.39 is 51.9 Å². The van der Waals surface area contributed by atoms with Gasteiger partial charge in [-0.3, -0.25) is 10.1 Å². The Morgan fingerprint density at radius 2 is 2.05 bits per heavy atom. The second-order valence-corrected chi connectivity index (χ2v) is 4.54. The molecule has 10 heteroatoms. The summed E-state index contributed by atoms with van der Waals surface area (Å²) < 4.78 is 60.0. The number of benzene rings is 1. The van der Waals surface area contributed by atoms with Crippen LogP contribution in [0.25, 0.3) is 0 Å². The summed E-state index contributed by atoms with van der Waals surface area (Å²) in [4.78, 5) is 12.8. The molecule has 0 aromatic heterocycles. The van der Waals surface area contributed by atoms with Crippen molar-refractivity contribution in [2.75, 3.05) is 6.54 Å². The van der Waals surface area contributed by atoms with Crippen LogP contribution in [0.3, 0.4) is 0 Å². The van der Waals surface area contributed by atoms with E-state index in [4.69, 9.17) is 10.5 Å². The molecule has 1 atom stereocenters. The van der Waals surface area contributed by atoms with Gasteiger partial charge in [0.25, 0.3) is 11.7 Å². The molecule has 0 fully saturated rings. The van der Waals surface area contributed by atoms with Gasteiger partial charge in [-0.1, -0.05) is 0 Å². The largest absolute Gasteiger partial charge is 0.448 e. The average molecular weight is 307 g/mol. The lowest BCUT2D eigenvalue weighted by atomic mass is 9.87. The van der Waals surface area contributed by atoms with Crippen LogP contribution in [0, 0.1) is 21.7 Å². The van der Waals surface area contributed by atoms with Gasteiger partial charge in [-0.25, -0.2) is 13.8 Å². The van der Waals surface area contributed by atoms with Crippen molar-refractivity contribution in [1.82, 2.24) is 0 Å². The number of hydrogen-bond donors (Lipinski definition) is 1. The van der Waals surface area contributed by atoms with E-state index in [0.717, 1.165) is 6.92 Å². The molecule has 0 saturated heterocycles. The van der Waals surface area contributed by atoms with Crippen LogP contribution in [0.15, 0.2) is 17.1 Å². The normalized spacial score (nSPS) is 24.1. The fourth-order valence-electron chi connectivity index (χ4n) is 1.92. The van der Waals surface area contributed by atoms with Crippen LogP contribution in [0.5, 0.6) is 0 Å². The van der Waals surface area contributed by atoms with E-state index in [1.54, 1.807) is 0 Å². The first kappa shape index (κ1) is 15.0. The summed E-state index contributed by atoms with van der Waals surface area (Å²) in [6, 6.07) is 0.140. The molecule has 1 aliphatic heterocycles. The number of halogens is 4. The van der Waals surface area contributed by atoms with Crippen molar-refractivity contribution in [3.05, 3.63) is 39.4 Å². The van der Waals surface area contributed by atoms with E-state index in [1.807, 2.05) is 0 Å². The summed E-state index contributed by atoms with van der Waals surface area (Å²) in [7, 11) is 0.